The number of benzene rings is 1. The SMILES string of the molecule is CCOc1nnc(CN2C[C@H](C(N)=O)Cc3ccccc32)s1. The average molecular weight is 318 g/mol. The van der Waals surface area contributed by atoms with Crippen LogP contribution in [0.4, 0.5) is 5.69 Å². The highest BCUT2D eigenvalue weighted by Gasteiger charge is 2.28. The van der Waals surface area contributed by atoms with Crippen LogP contribution in [0.2, 0.25) is 0 Å². The van der Waals surface area contributed by atoms with Crippen molar-refractivity contribution in [1.29, 1.82) is 0 Å². The van der Waals surface area contributed by atoms with Crippen molar-refractivity contribution in [3.63, 3.8) is 0 Å². The van der Waals surface area contributed by atoms with Crippen molar-refractivity contribution in [3.05, 3.63) is 34.8 Å². The van der Waals surface area contributed by atoms with E-state index in [4.69, 9.17) is 10.5 Å². The topological polar surface area (TPSA) is 81.3 Å². The summed E-state index contributed by atoms with van der Waals surface area (Å²) < 4.78 is 5.36. The molecule has 22 heavy (non-hydrogen) atoms. The van der Waals surface area contributed by atoms with E-state index in [2.05, 4.69) is 21.2 Å². The summed E-state index contributed by atoms with van der Waals surface area (Å²) >= 11 is 1.43. The standard InChI is InChI=1S/C15H18N4O2S/c1-2-21-15-18-17-13(22-15)9-19-8-11(14(16)20)7-10-5-3-4-6-12(10)19/h3-6,11H,2,7-9H2,1H3,(H2,16,20)/t11-/m1/s1. The Morgan fingerprint density at radius 2 is 2.27 bits per heavy atom. The third kappa shape index (κ3) is 3.04. The molecular weight excluding hydrogens is 300 g/mol. The fourth-order valence-electron chi connectivity index (χ4n) is 2.67. The number of fused-ring (bicyclic) bond motifs is 1. The highest BCUT2D eigenvalue weighted by molar-refractivity contribution is 7.13. The van der Waals surface area contributed by atoms with Crippen molar-refractivity contribution in [2.24, 2.45) is 11.7 Å². The van der Waals surface area contributed by atoms with Gasteiger partial charge in [-0.15, -0.1) is 5.10 Å². The number of nitrogens with zero attached hydrogens (tertiary/aromatic N) is 3. The molecule has 1 aliphatic heterocycles. The van der Waals surface area contributed by atoms with E-state index in [0.717, 1.165) is 16.3 Å². The molecule has 0 unspecified atom stereocenters. The summed E-state index contributed by atoms with van der Waals surface area (Å²) in [7, 11) is 0. The van der Waals surface area contributed by atoms with Gasteiger partial charge < -0.3 is 15.4 Å². The van der Waals surface area contributed by atoms with E-state index in [9.17, 15) is 4.79 Å². The molecule has 1 atom stereocenters. The van der Waals surface area contributed by atoms with Gasteiger partial charge in [-0.25, -0.2) is 0 Å². The minimum atomic E-state index is -0.258. The molecule has 0 saturated heterocycles. The highest BCUT2D eigenvalue weighted by Crippen LogP contribution is 2.31. The monoisotopic (exact) mass is 318 g/mol. The molecular formula is C15H18N4O2S. The van der Waals surface area contributed by atoms with Gasteiger partial charge in [-0.1, -0.05) is 34.6 Å². The van der Waals surface area contributed by atoms with E-state index in [-0.39, 0.29) is 11.8 Å². The molecule has 7 heteroatoms. The number of carbonyl (C=O) groups excluding carboxylic acids is 1. The van der Waals surface area contributed by atoms with E-state index in [1.807, 2.05) is 25.1 Å². The van der Waals surface area contributed by atoms with Crippen molar-refractivity contribution in [3.8, 4) is 5.19 Å². The summed E-state index contributed by atoms with van der Waals surface area (Å²) in [6.45, 7) is 3.70. The Labute approximate surface area is 132 Å². The van der Waals surface area contributed by atoms with Crippen molar-refractivity contribution >= 4 is 22.9 Å². The van der Waals surface area contributed by atoms with Gasteiger partial charge >= 0.3 is 0 Å². The summed E-state index contributed by atoms with van der Waals surface area (Å²) in [6, 6.07) is 8.10. The molecule has 1 aromatic carbocycles. The Balaban J connectivity index is 1.83. The lowest BCUT2D eigenvalue weighted by atomic mass is 9.92. The zero-order chi connectivity index (χ0) is 15.5. The number of nitrogens with two attached hydrogens (primary N) is 1. The third-order valence-corrected chi connectivity index (χ3v) is 4.50. The zero-order valence-corrected chi connectivity index (χ0v) is 13.2. The van der Waals surface area contributed by atoms with E-state index in [1.54, 1.807) is 0 Å². The second kappa shape index (κ2) is 6.31. The fraction of sp³-hybridized carbons (Fsp3) is 0.400. The molecule has 2 heterocycles. The lowest BCUT2D eigenvalue weighted by Crippen LogP contribution is -2.41. The van der Waals surface area contributed by atoms with Crippen LogP contribution in [-0.4, -0.2) is 29.3 Å². The second-order valence-corrected chi connectivity index (χ2v) is 6.23. The van der Waals surface area contributed by atoms with Gasteiger partial charge in [-0.2, -0.15) is 0 Å². The Kier molecular flexibility index (Phi) is 4.24. The van der Waals surface area contributed by atoms with Gasteiger partial charge in [-0.3, -0.25) is 4.79 Å². The fourth-order valence-corrected chi connectivity index (χ4v) is 3.44. The number of primary amides is 1. The van der Waals surface area contributed by atoms with Gasteiger partial charge in [0.25, 0.3) is 5.19 Å². The molecule has 0 aliphatic carbocycles. The number of aromatic nitrogens is 2. The molecule has 0 spiro atoms. The molecule has 0 radical (unpaired) electrons. The van der Waals surface area contributed by atoms with Crippen LogP contribution in [-0.2, 0) is 17.8 Å². The number of hydrogen-bond acceptors (Lipinski definition) is 6. The maximum atomic E-state index is 11.6. The summed E-state index contributed by atoms with van der Waals surface area (Å²) in [5.74, 6) is -0.430. The van der Waals surface area contributed by atoms with Crippen LogP contribution in [0.5, 0.6) is 5.19 Å². The van der Waals surface area contributed by atoms with Crippen molar-refractivity contribution in [2.75, 3.05) is 18.1 Å². The first-order valence-corrected chi connectivity index (χ1v) is 8.06. The van der Waals surface area contributed by atoms with Gasteiger partial charge in [0, 0.05) is 12.2 Å². The van der Waals surface area contributed by atoms with Gasteiger partial charge in [0.2, 0.25) is 5.91 Å². The number of hydrogen-bond donors (Lipinski definition) is 1. The van der Waals surface area contributed by atoms with Gasteiger partial charge in [0.05, 0.1) is 19.1 Å². The van der Waals surface area contributed by atoms with E-state index >= 15 is 0 Å². The Hall–Kier alpha value is -2.15. The summed E-state index contributed by atoms with van der Waals surface area (Å²) in [6.07, 6.45) is 0.697. The largest absolute Gasteiger partial charge is 0.469 e. The van der Waals surface area contributed by atoms with Crippen LogP contribution < -0.4 is 15.4 Å². The molecule has 0 saturated carbocycles. The molecule has 2 aromatic rings. The normalized spacial score (nSPS) is 17.1. The first-order chi connectivity index (χ1) is 10.7. The predicted molar refractivity (Wildman–Crippen MR) is 85.0 cm³/mol. The van der Waals surface area contributed by atoms with Crippen LogP contribution in [0.1, 0.15) is 17.5 Å². The first-order valence-electron chi connectivity index (χ1n) is 7.24. The summed E-state index contributed by atoms with van der Waals surface area (Å²) in [5, 5.41) is 9.61. The minimum Gasteiger partial charge on any atom is -0.469 e. The number of ether oxygens (including phenoxy) is 1. The number of carbonyl (C=O) groups is 1. The maximum absolute atomic E-state index is 11.6. The van der Waals surface area contributed by atoms with Crippen LogP contribution >= 0.6 is 11.3 Å². The molecule has 2 N–H and O–H groups in total. The van der Waals surface area contributed by atoms with Gasteiger partial charge in [0.1, 0.15) is 5.01 Å². The van der Waals surface area contributed by atoms with Gasteiger partial charge in [0.15, 0.2) is 0 Å². The summed E-state index contributed by atoms with van der Waals surface area (Å²) in [4.78, 5) is 13.7. The lowest BCUT2D eigenvalue weighted by Gasteiger charge is -2.34. The smallest absolute Gasteiger partial charge is 0.294 e. The van der Waals surface area contributed by atoms with Crippen molar-refractivity contribution in [2.45, 2.75) is 19.9 Å². The lowest BCUT2D eigenvalue weighted by molar-refractivity contribution is -0.121. The van der Waals surface area contributed by atoms with Crippen LogP contribution in [0.25, 0.3) is 0 Å². The summed E-state index contributed by atoms with van der Waals surface area (Å²) in [5.41, 5.74) is 7.79. The van der Waals surface area contributed by atoms with E-state index in [0.29, 0.717) is 31.3 Å². The average Bonchev–Trinajstić information content (AvgIpc) is 2.94. The highest BCUT2D eigenvalue weighted by atomic mass is 32.1. The molecule has 0 fully saturated rings. The Bertz CT molecular complexity index is 673. The van der Waals surface area contributed by atoms with Crippen LogP contribution in [0, 0.1) is 5.92 Å². The van der Waals surface area contributed by atoms with Crippen molar-refractivity contribution < 1.29 is 9.53 Å². The van der Waals surface area contributed by atoms with E-state index in [1.165, 1.54) is 11.3 Å². The number of anilines is 1. The molecule has 116 valence electrons. The Morgan fingerprint density at radius 1 is 1.45 bits per heavy atom. The maximum Gasteiger partial charge on any atom is 0.294 e. The minimum absolute atomic E-state index is 0.172. The molecule has 1 amide bonds. The number of rotatable bonds is 5. The molecule has 0 bridgehead atoms. The number of para-hydroxylation sites is 1. The van der Waals surface area contributed by atoms with Crippen LogP contribution in [0.15, 0.2) is 24.3 Å². The van der Waals surface area contributed by atoms with Gasteiger partial charge in [-0.05, 0) is 25.0 Å². The molecule has 3 rings (SSSR count). The van der Waals surface area contributed by atoms with Crippen molar-refractivity contribution in [1.82, 2.24) is 10.2 Å². The molecule has 6 nitrogen and oxygen atoms in total. The zero-order valence-electron chi connectivity index (χ0n) is 12.4. The Morgan fingerprint density at radius 3 is 3.05 bits per heavy atom. The van der Waals surface area contributed by atoms with E-state index < -0.39 is 0 Å². The third-order valence-electron chi connectivity index (χ3n) is 3.68. The molecule has 1 aliphatic rings. The molecule has 1 aromatic heterocycles. The quantitative estimate of drug-likeness (QED) is 0.905. The number of amides is 1. The van der Waals surface area contributed by atoms with Crippen LogP contribution in [0.3, 0.4) is 0 Å². The second-order valence-electron chi connectivity index (χ2n) is 5.21. The predicted octanol–water partition coefficient (Wildman–Crippen LogP) is 1.60. The first kappa shape index (κ1) is 14.8.